The molecule has 1 aliphatic rings. The summed E-state index contributed by atoms with van der Waals surface area (Å²) < 4.78 is 2.42. The monoisotopic (exact) mass is 427 g/mol. The number of benzene rings is 2. The smallest absolute Gasteiger partial charge is 0.251 e. The van der Waals surface area contributed by atoms with Gasteiger partial charge in [0.1, 0.15) is 6.33 Å². The summed E-state index contributed by atoms with van der Waals surface area (Å²) in [6.07, 6.45) is 2.47. The number of amides is 1. The number of hydrogen-bond acceptors (Lipinski definition) is 6. The molecule has 2 N–H and O–H groups in total. The third-order valence-corrected chi connectivity index (χ3v) is 5.93. The highest BCUT2D eigenvalue weighted by Gasteiger charge is 2.25. The zero-order valence-corrected chi connectivity index (χ0v) is 18.2. The average Bonchev–Trinajstić information content (AvgIpc) is 3.17. The van der Waals surface area contributed by atoms with Gasteiger partial charge in [0.2, 0.25) is 11.9 Å². The van der Waals surface area contributed by atoms with Crippen LogP contribution < -0.4 is 15.5 Å². The van der Waals surface area contributed by atoms with Gasteiger partial charge in [-0.15, -0.1) is 0 Å². The van der Waals surface area contributed by atoms with Crippen molar-refractivity contribution in [2.75, 3.05) is 23.8 Å². The molecule has 0 bridgehead atoms. The van der Waals surface area contributed by atoms with Crippen LogP contribution in [0.5, 0.6) is 0 Å². The van der Waals surface area contributed by atoms with Gasteiger partial charge in [0, 0.05) is 66.5 Å². The summed E-state index contributed by atoms with van der Waals surface area (Å²) in [7, 11) is 1.61. The molecule has 0 unspecified atom stereocenters. The predicted molar refractivity (Wildman–Crippen MR) is 125 cm³/mol. The van der Waals surface area contributed by atoms with Gasteiger partial charge in [-0.2, -0.15) is 4.98 Å². The first-order valence-electron chi connectivity index (χ1n) is 10.8. The molecule has 5 rings (SSSR count). The fraction of sp³-hybridized carbons (Fsp3) is 0.250. The van der Waals surface area contributed by atoms with E-state index in [-0.39, 0.29) is 5.91 Å². The highest BCUT2D eigenvalue weighted by atomic mass is 16.1. The minimum atomic E-state index is -0.139. The number of nitrogens with one attached hydrogen (secondary N) is 2. The molecule has 32 heavy (non-hydrogen) atoms. The van der Waals surface area contributed by atoms with E-state index in [1.54, 1.807) is 19.2 Å². The van der Waals surface area contributed by atoms with Crippen molar-refractivity contribution in [3.05, 3.63) is 71.7 Å². The van der Waals surface area contributed by atoms with Gasteiger partial charge in [-0.1, -0.05) is 24.3 Å². The molecule has 0 radical (unpaired) electrons. The molecular formula is C24H25N7O. The summed E-state index contributed by atoms with van der Waals surface area (Å²) in [4.78, 5) is 27.5. The van der Waals surface area contributed by atoms with Crippen LogP contribution in [0.1, 0.15) is 28.5 Å². The second-order valence-electron chi connectivity index (χ2n) is 7.75. The fourth-order valence-corrected chi connectivity index (χ4v) is 4.44. The number of aryl methyl sites for hydroxylation is 1. The van der Waals surface area contributed by atoms with E-state index in [2.05, 4.69) is 66.2 Å². The normalized spacial score (nSPS) is 13.1. The number of aromatic nitrogens is 4. The summed E-state index contributed by atoms with van der Waals surface area (Å²) in [5, 5.41) is 7.13. The second-order valence-corrected chi connectivity index (χ2v) is 7.75. The first-order valence-corrected chi connectivity index (χ1v) is 10.8. The maximum Gasteiger partial charge on any atom is 0.251 e. The number of anilines is 3. The van der Waals surface area contributed by atoms with E-state index in [1.165, 1.54) is 28.5 Å². The molecule has 8 nitrogen and oxygen atoms in total. The second kappa shape index (κ2) is 8.30. The standard InChI is InChI=1S/C24H25N7O/c1-3-31-20-10-5-4-9-18(20)19-14-30(12-11-21(19)31)24-27-15-26-23(29-24)28-17-8-6-7-16(13-17)22(32)25-2/h4-10,13,15H,3,11-12,14H2,1-2H3,(H,25,32)(H,26,27,28,29). The number of rotatable bonds is 5. The van der Waals surface area contributed by atoms with Crippen molar-refractivity contribution >= 4 is 34.4 Å². The van der Waals surface area contributed by atoms with E-state index in [4.69, 9.17) is 0 Å². The van der Waals surface area contributed by atoms with Crippen LogP contribution in [-0.4, -0.2) is 39.0 Å². The lowest BCUT2D eigenvalue weighted by molar-refractivity contribution is 0.0963. The van der Waals surface area contributed by atoms with Crippen molar-refractivity contribution in [3.63, 3.8) is 0 Å². The fourth-order valence-electron chi connectivity index (χ4n) is 4.44. The van der Waals surface area contributed by atoms with Crippen LogP contribution >= 0.6 is 0 Å². The summed E-state index contributed by atoms with van der Waals surface area (Å²) in [5.41, 5.74) is 5.36. The van der Waals surface area contributed by atoms with Gasteiger partial charge >= 0.3 is 0 Å². The lowest BCUT2D eigenvalue weighted by atomic mass is 10.0. The van der Waals surface area contributed by atoms with Crippen LogP contribution in [0.2, 0.25) is 0 Å². The Morgan fingerprint density at radius 3 is 2.84 bits per heavy atom. The summed E-state index contributed by atoms with van der Waals surface area (Å²) in [6, 6.07) is 15.8. The maximum atomic E-state index is 11.9. The molecule has 0 saturated carbocycles. The molecule has 2 aromatic heterocycles. The molecule has 4 aromatic rings. The Morgan fingerprint density at radius 2 is 2.00 bits per heavy atom. The molecule has 0 spiro atoms. The third-order valence-electron chi connectivity index (χ3n) is 5.93. The number of para-hydroxylation sites is 1. The lowest BCUT2D eigenvalue weighted by Crippen LogP contribution is -2.32. The van der Waals surface area contributed by atoms with Crippen LogP contribution in [0.4, 0.5) is 17.6 Å². The largest absolute Gasteiger partial charge is 0.355 e. The Kier molecular flexibility index (Phi) is 5.18. The van der Waals surface area contributed by atoms with E-state index in [0.29, 0.717) is 17.5 Å². The van der Waals surface area contributed by atoms with Gasteiger partial charge in [-0.3, -0.25) is 4.79 Å². The Morgan fingerprint density at radius 1 is 1.12 bits per heavy atom. The number of fused-ring (bicyclic) bond motifs is 3. The summed E-state index contributed by atoms with van der Waals surface area (Å²) >= 11 is 0. The summed E-state index contributed by atoms with van der Waals surface area (Å²) in [6.45, 7) is 4.77. The van der Waals surface area contributed by atoms with Crippen LogP contribution in [0.25, 0.3) is 10.9 Å². The molecule has 8 heteroatoms. The van der Waals surface area contributed by atoms with Crippen molar-refractivity contribution < 1.29 is 4.79 Å². The summed E-state index contributed by atoms with van der Waals surface area (Å²) in [5.74, 6) is 0.954. The molecule has 0 saturated heterocycles. The SMILES string of the molecule is CCn1c2c(c3ccccc31)CN(c1ncnc(Nc3cccc(C(=O)NC)c3)n1)CC2. The Bertz CT molecular complexity index is 1300. The van der Waals surface area contributed by atoms with E-state index in [0.717, 1.165) is 31.7 Å². The topological polar surface area (TPSA) is 88.0 Å². The molecule has 3 heterocycles. The molecule has 0 aliphatic carbocycles. The van der Waals surface area contributed by atoms with Gasteiger partial charge in [0.25, 0.3) is 5.91 Å². The highest BCUT2D eigenvalue weighted by Crippen LogP contribution is 2.32. The van der Waals surface area contributed by atoms with Gasteiger partial charge in [0.15, 0.2) is 0 Å². The third kappa shape index (κ3) is 3.53. The molecule has 0 atom stereocenters. The van der Waals surface area contributed by atoms with Crippen molar-refractivity contribution in [1.82, 2.24) is 24.8 Å². The first kappa shape index (κ1) is 20.0. The van der Waals surface area contributed by atoms with Gasteiger partial charge in [0.05, 0.1) is 0 Å². The van der Waals surface area contributed by atoms with Crippen molar-refractivity contribution in [2.45, 2.75) is 26.4 Å². The number of carbonyl (C=O) groups excluding carboxylic acids is 1. The van der Waals surface area contributed by atoms with E-state index in [1.807, 2.05) is 12.1 Å². The van der Waals surface area contributed by atoms with Crippen LogP contribution in [-0.2, 0) is 19.5 Å². The van der Waals surface area contributed by atoms with Crippen LogP contribution in [0.15, 0.2) is 54.9 Å². The average molecular weight is 428 g/mol. The van der Waals surface area contributed by atoms with Crippen molar-refractivity contribution in [1.29, 1.82) is 0 Å². The molecule has 1 aliphatic heterocycles. The van der Waals surface area contributed by atoms with E-state index < -0.39 is 0 Å². The van der Waals surface area contributed by atoms with Crippen LogP contribution in [0.3, 0.4) is 0 Å². The number of carbonyl (C=O) groups is 1. The molecular weight excluding hydrogens is 402 g/mol. The van der Waals surface area contributed by atoms with E-state index >= 15 is 0 Å². The van der Waals surface area contributed by atoms with Crippen molar-refractivity contribution in [2.24, 2.45) is 0 Å². The zero-order chi connectivity index (χ0) is 22.1. The van der Waals surface area contributed by atoms with Gasteiger partial charge in [-0.25, -0.2) is 9.97 Å². The van der Waals surface area contributed by atoms with Gasteiger partial charge < -0.3 is 20.1 Å². The predicted octanol–water partition coefficient (Wildman–Crippen LogP) is 3.51. The minimum Gasteiger partial charge on any atom is -0.355 e. The zero-order valence-electron chi connectivity index (χ0n) is 18.2. The molecule has 1 amide bonds. The minimum absolute atomic E-state index is 0.139. The quantitative estimate of drug-likeness (QED) is 0.507. The Hall–Kier alpha value is -3.94. The van der Waals surface area contributed by atoms with Crippen LogP contribution in [0, 0.1) is 0 Å². The molecule has 0 fully saturated rings. The maximum absolute atomic E-state index is 11.9. The van der Waals surface area contributed by atoms with Crippen molar-refractivity contribution in [3.8, 4) is 0 Å². The molecule has 162 valence electrons. The Balaban J connectivity index is 1.41. The highest BCUT2D eigenvalue weighted by molar-refractivity contribution is 5.95. The number of hydrogen-bond donors (Lipinski definition) is 2. The van der Waals surface area contributed by atoms with E-state index in [9.17, 15) is 4.79 Å². The number of nitrogens with zero attached hydrogens (tertiary/aromatic N) is 5. The Labute approximate surface area is 186 Å². The lowest BCUT2D eigenvalue weighted by Gasteiger charge is -2.28. The molecule has 2 aromatic carbocycles. The first-order chi connectivity index (χ1) is 15.7. The van der Waals surface area contributed by atoms with Gasteiger partial charge in [-0.05, 0) is 31.2 Å².